The molecule has 0 aliphatic carbocycles. The minimum atomic E-state index is -0.384. The Kier molecular flexibility index (Phi) is 7.23. The van der Waals surface area contributed by atoms with Crippen molar-refractivity contribution in [3.05, 3.63) is 93.3 Å². The number of carbonyl (C=O) groups is 1. The predicted octanol–water partition coefficient (Wildman–Crippen LogP) is 5.00. The molecule has 0 aliphatic rings. The zero-order chi connectivity index (χ0) is 24.2. The van der Waals surface area contributed by atoms with Gasteiger partial charge < -0.3 is 5.32 Å². The maximum Gasteiger partial charge on any atom is 0.274 e. The monoisotopic (exact) mass is 496 g/mol. The minimum absolute atomic E-state index is 0.190. The highest BCUT2D eigenvalue weighted by Gasteiger charge is 2.22. The van der Waals surface area contributed by atoms with E-state index in [4.69, 9.17) is 11.6 Å². The van der Waals surface area contributed by atoms with Crippen LogP contribution in [0.5, 0.6) is 0 Å². The molecule has 0 aliphatic heterocycles. The first-order chi connectivity index (χ1) is 16.3. The lowest BCUT2D eigenvalue weighted by molar-refractivity contribution is 0.0945. The lowest BCUT2D eigenvalue weighted by Gasteiger charge is -2.10. The molecular weight excluding hydrogens is 475 g/mol. The lowest BCUT2D eigenvalue weighted by atomic mass is 10.2. The first-order valence-corrected chi connectivity index (χ1v) is 11.9. The standard InChI is InChI=1S/C24H22ClFN6OS/c1-14-4-9-19(11-20(14)25)32-21(13-34-24-28-15(2)10-16(3)29-24)22(30-31-32)23(33)27-12-17-5-7-18(26)8-6-17/h4-11H,12-13H2,1-3H3,(H,27,33). The topological polar surface area (TPSA) is 85.6 Å². The molecule has 2 heterocycles. The Morgan fingerprint density at radius 3 is 2.44 bits per heavy atom. The fourth-order valence-electron chi connectivity index (χ4n) is 3.29. The molecule has 0 spiro atoms. The first kappa shape index (κ1) is 23.8. The van der Waals surface area contributed by atoms with Gasteiger partial charge in [-0.05, 0) is 62.2 Å². The van der Waals surface area contributed by atoms with Crippen molar-refractivity contribution < 1.29 is 9.18 Å². The molecule has 2 aromatic carbocycles. The van der Waals surface area contributed by atoms with E-state index in [1.807, 2.05) is 39.0 Å². The molecule has 0 fully saturated rings. The molecule has 7 nitrogen and oxygen atoms in total. The minimum Gasteiger partial charge on any atom is -0.347 e. The van der Waals surface area contributed by atoms with Gasteiger partial charge in [0.15, 0.2) is 10.9 Å². The van der Waals surface area contributed by atoms with Gasteiger partial charge in [0.2, 0.25) is 0 Å². The number of aryl methyl sites for hydroxylation is 3. The number of thioether (sulfide) groups is 1. The molecule has 34 heavy (non-hydrogen) atoms. The second kappa shape index (κ2) is 10.3. The summed E-state index contributed by atoms with van der Waals surface area (Å²) in [7, 11) is 0. The number of carbonyl (C=O) groups excluding carboxylic acids is 1. The summed E-state index contributed by atoms with van der Waals surface area (Å²) in [5, 5.41) is 12.4. The summed E-state index contributed by atoms with van der Waals surface area (Å²) in [6.45, 7) is 5.96. The summed E-state index contributed by atoms with van der Waals surface area (Å²) in [5.74, 6) is -0.353. The van der Waals surface area contributed by atoms with Crippen LogP contribution in [0.25, 0.3) is 5.69 Å². The zero-order valence-corrected chi connectivity index (χ0v) is 20.4. The van der Waals surface area contributed by atoms with E-state index >= 15 is 0 Å². The molecule has 0 radical (unpaired) electrons. The van der Waals surface area contributed by atoms with Gasteiger partial charge in [0.25, 0.3) is 5.91 Å². The van der Waals surface area contributed by atoms with Gasteiger partial charge in [-0.25, -0.2) is 19.0 Å². The van der Waals surface area contributed by atoms with Gasteiger partial charge >= 0.3 is 0 Å². The number of rotatable bonds is 7. The molecule has 10 heteroatoms. The van der Waals surface area contributed by atoms with Crippen molar-refractivity contribution in [1.29, 1.82) is 0 Å². The Balaban J connectivity index is 1.63. The van der Waals surface area contributed by atoms with Crippen LogP contribution in [0.4, 0.5) is 4.39 Å². The van der Waals surface area contributed by atoms with Gasteiger partial charge in [-0.1, -0.05) is 46.8 Å². The lowest BCUT2D eigenvalue weighted by Crippen LogP contribution is -2.24. The number of benzene rings is 2. The third-order valence-electron chi connectivity index (χ3n) is 5.04. The van der Waals surface area contributed by atoms with E-state index in [2.05, 4.69) is 25.6 Å². The van der Waals surface area contributed by atoms with E-state index in [9.17, 15) is 9.18 Å². The van der Waals surface area contributed by atoms with E-state index in [1.165, 1.54) is 23.9 Å². The van der Waals surface area contributed by atoms with Crippen molar-refractivity contribution in [1.82, 2.24) is 30.3 Å². The number of hydrogen-bond acceptors (Lipinski definition) is 6. The van der Waals surface area contributed by atoms with Gasteiger partial charge in [-0.3, -0.25) is 4.79 Å². The van der Waals surface area contributed by atoms with Crippen molar-refractivity contribution in [3.8, 4) is 5.69 Å². The van der Waals surface area contributed by atoms with Crippen LogP contribution in [0.3, 0.4) is 0 Å². The Bertz CT molecular complexity index is 1320. The SMILES string of the molecule is Cc1cc(C)nc(SCc2c(C(=O)NCc3ccc(F)cc3)nnn2-c2ccc(C)c(Cl)c2)n1. The molecule has 2 aromatic heterocycles. The number of nitrogens with one attached hydrogen (secondary N) is 1. The van der Waals surface area contributed by atoms with Crippen molar-refractivity contribution in [2.75, 3.05) is 0 Å². The van der Waals surface area contributed by atoms with Crippen LogP contribution in [0, 0.1) is 26.6 Å². The zero-order valence-electron chi connectivity index (χ0n) is 18.8. The maximum atomic E-state index is 13.2. The smallest absolute Gasteiger partial charge is 0.274 e. The normalized spacial score (nSPS) is 11.0. The molecule has 174 valence electrons. The largest absolute Gasteiger partial charge is 0.347 e. The number of halogens is 2. The molecule has 4 aromatic rings. The highest BCUT2D eigenvalue weighted by molar-refractivity contribution is 7.98. The molecule has 0 saturated heterocycles. The van der Waals surface area contributed by atoms with E-state index in [-0.39, 0.29) is 24.0 Å². The summed E-state index contributed by atoms with van der Waals surface area (Å²) < 4.78 is 14.8. The van der Waals surface area contributed by atoms with E-state index < -0.39 is 0 Å². The van der Waals surface area contributed by atoms with Crippen molar-refractivity contribution >= 4 is 29.3 Å². The van der Waals surface area contributed by atoms with Gasteiger partial charge in [0.05, 0.1) is 11.4 Å². The van der Waals surface area contributed by atoms with Crippen molar-refractivity contribution in [2.45, 2.75) is 38.2 Å². The molecule has 0 atom stereocenters. The second-order valence-corrected chi connectivity index (χ2v) is 9.11. The molecule has 0 unspecified atom stereocenters. The molecule has 1 amide bonds. The van der Waals surface area contributed by atoms with Crippen LogP contribution < -0.4 is 5.32 Å². The van der Waals surface area contributed by atoms with Crippen LogP contribution in [0.2, 0.25) is 5.02 Å². The van der Waals surface area contributed by atoms with Crippen molar-refractivity contribution in [2.24, 2.45) is 0 Å². The van der Waals surface area contributed by atoms with Gasteiger partial charge in [0, 0.05) is 28.7 Å². The highest BCUT2D eigenvalue weighted by atomic mass is 35.5. The Labute approximate surface area is 205 Å². The molecule has 1 N–H and O–H groups in total. The van der Waals surface area contributed by atoms with E-state index in [0.717, 1.165) is 22.5 Å². The number of hydrogen-bond donors (Lipinski definition) is 1. The summed E-state index contributed by atoms with van der Waals surface area (Å²) in [4.78, 5) is 22.0. The van der Waals surface area contributed by atoms with Crippen LogP contribution in [-0.2, 0) is 12.3 Å². The summed E-state index contributed by atoms with van der Waals surface area (Å²) >= 11 is 7.72. The highest BCUT2D eigenvalue weighted by Crippen LogP contribution is 2.26. The average molecular weight is 497 g/mol. The summed E-state index contributed by atoms with van der Waals surface area (Å²) in [6.07, 6.45) is 0. The Morgan fingerprint density at radius 1 is 1.06 bits per heavy atom. The number of aromatic nitrogens is 5. The number of amides is 1. The first-order valence-electron chi connectivity index (χ1n) is 10.5. The van der Waals surface area contributed by atoms with E-state index in [1.54, 1.807) is 22.9 Å². The third kappa shape index (κ3) is 5.60. The van der Waals surface area contributed by atoms with E-state index in [0.29, 0.717) is 27.3 Å². The molecule has 0 saturated carbocycles. The Morgan fingerprint density at radius 2 is 1.76 bits per heavy atom. The molecule has 4 rings (SSSR count). The van der Waals surface area contributed by atoms with Crippen LogP contribution in [-0.4, -0.2) is 30.9 Å². The van der Waals surface area contributed by atoms with Crippen molar-refractivity contribution in [3.63, 3.8) is 0 Å². The van der Waals surface area contributed by atoms with Gasteiger partial charge in [-0.15, -0.1) is 5.10 Å². The third-order valence-corrected chi connectivity index (χ3v) is 6.31. The van der Waals surface area contributed by atoms with Gasteiger partial charge in [0.1, 0.15) is 5.82 Å². The predicted molar refractivity (Wildman–Crippen MR) is 130 cm³/mol. The van der Waals surface area contributed by atoms with Crippen LogP contribution >= 0.6 is 23.4 Å². The summed E-state index contributed by atoms with van der Waals surface area (Å²) in [6, 6.07) is 13.4. The molecular formula is C24H22ClFN6OS. The fourth-order valence-corrected chi connectivity index (χ4v) is 4.40. The summed E-state index contributed by atoms with van der Waals surface area (Å²) in [5.41, 5.74) is 4.90. The fraction of sp³-hybridized carbons (Fsp3) is 0.208. The molecule has 0 bridgehead atoms. The number of nitrogens with zero attached hydrogens (tertiary/aromatic N) is 5. The Hall–Kier alpha value is -3.30. The van der Waals surface area contributed by atoms with Crippen LogP contribution in [0.1, 0.15) is 38.7 Å². The van der Waals surface area contributed by atoms with Crippen LogP contribution in [0.15, 0.2) is 53.7 Å². The second-order valence-electron chi connectivity index (χ2n) is 7.76. The maximum absolute atomic E-state index is 13.2. The van der Waals surface area contributed by atoms with Gasteiger partial charge in [-0.2, -0.15) is 0 Å². The average Bonchev–Trinajstić information content (AvgIpc) is 3.22. The quantitative estimate of drug-likeness (QED) is 0.286.